The van der Waals surface area contributed by atoms with Gasteiger partial charge in [0, 0.05) is 12.6 Å². The molecule has 2 N–H and O–H groups in total. The average molecular weight is 276 g/mol. The van der Waals surface area contributed by atoms with E-state index in [0.717, 1.165) is 6.54 Å². The molecule has 0 bridgehead atoms. The summed E-state index contributed by atoms with van der Waals surface area (Å²) in [7, 11) is 0. The molecule has 2 nitrogen and oxygen atoms in total. The second kappa shape index (κ2) is 9.95. The molecule has 0 spiro atoms. The molecule has 1 aromatic carbocycles. The Kier molecular flexibility index (Phi) is 8.56. The first-order valence-corrected chi connectivity index (χ1v) is 8.21. The number of nitrogens with two attached hydrogens (primary N) is 1. The Morgan fingerprint density at radius 1 is 1.00 bits per heavy atom. The van der Waals surface area contributed by atoms with Gasteiger partial charge in [0.1, 0.15) is 0 Å². The van der Waals surface area contributed by atoms with E-state index in [2.05, 4.69) is 56.0 Å². The van der Waals surface area contributed by atoms with Crippen LogP contribution in [0.5, 0.6) is 0 Å². The normalized spacial score (nSPS) is 14.4. The van der Waals surface area contributed by atoms with Crippen LogP contribution in [-0.4, -0.2) is 24.5 Å². The highest BCUT2D eigenvalue weighted by molar-refractivity contribution is 5.19. The van der Waals surface area contributed by atoms with Crippen molar-refractivity contribution in [3.05, 3.63) is 35.9 Å². The minimum Gasteiger partial charge on any atom is -0.324 e. The number of benzene rings is 1. The van der Waals surface area contributed by atoms with E-state index in [1.54, 1.807) is 0 Å². The highest BCUT2D eigenvalue weighted by Gasteiger charge is 2.17. The third-order valence-electron chi connectivity index (χ3n) is 4.00. The minimum absolute atomic E-state index is 0.141. The van der Waals surface area contributed by atoms with Crippen molar-refractivity contribution in [3.63, 3.8) is 0 Å². The Balaban J connectivity index is 2.52. The van der Waals surface area contributed by atoms with Crippen molar-refractivity contribution in [2.24, 2.45) is 11.7 Å². The van der Waals surface area contributed by atoms with E-state index >= 15 is 0 Å². The van der Waals surface area contributed by atoms with Gasteiger partial charge < -0.3 is 10.6 Å². The lowest BCUT2D eigenvalue weighted by atomic mass is 9.94. The van der Waals surface area contributed by atoms with Crippen LogP contribution in [0, 0.1) is 5.92 Å². The molecule has 0 saturated heterocycles. The van der Waals surface area contributed by atoms with E-state index in [1.165, 1.54) is 44.3 Å². The van der Waals surface area contributed by atoms with E-state index in [0.29, 0.717) is 5.92 Å². The van der Waals surface area contributed by atoms with E-state index in [1.807, 2.05) is 0 Å². The molecular weight excluding hydrogens is 244 g/mol. The Morgan fingerprint density at radius 3 is 2.05 bits per heavy atom. The summed E-state index contributed by atoms with van der Waals surface area (Å²) in [6, 6.07) is 10.6. The Hall–Kier alpha value is -0.860. The van der Waals surface area contributed by atoms with Crippen molar-refractivity contribution in [1.29, 1.82) is 0 Å². The molecule has 2 atom stereocenters. The van der Waals surface area contributed by atoms with Gasteiger partial charge in [-0.2, -0.15) is 0 Å². The predicted molar refractivity (Wildman–Crippen MR) is 88.8 cm³/mol. The van der Waals surface area contributed by atoms with E-state index in [9.17, 15) is 0 Å². The fraction of sp³-hybridized carbons (Fsp3) is 0.667. The fourth-order valence-corrected chi connectivity index (χ4v) is 2.58. The van der Waals surface area contributed by atoms with Crippen LogP contribution in [0.25, 0.3) is 0 Å². The Morgan fingerprint density at radius 2 is 1.55 bits per heavy atom. The molecule has 0 amide bonds. The topological polar surface area (TPSA) is 29.3 Å². The molecule has 0 aliphatic heterocycles. The van der Waals surface area contributed by atoms with Crippen molar-refractivity contribution in [2.45, 2.75) is 52.5 Å². The molecule has 1 aromatic rings. The largest absolute Gasteiger partial charge is 0.324 e. The molecule has 0 heterocycles. The number of unbranched alkanes of at least 4 members (excludes halogenated alkanes) is 2. The molecule has 0 aliphatic carbocycles. The van der Waals surface area contributed by atoms with Crippen molar-refractivity contribution in [2.75, 3.05) is 19.6 Å². The number of hydrogen-bond acceptors (Lipinski definition) is 2. The SMILES string of the molecule is CCCCN(CCCC)CC(C)C(N)c1ccccc1. The molecule has 0 fully saturated rings. The van der Waals surface area contributed by atoms with Crippen LogP contribution >= 0.6 is 0 Å². The average Bonchev–Trinajstić information content (AvgIpc) is 2.49. The molecular formula is C18H32N2. The van der Waals surface area contributed by atoms with Crippen LogP contribution in [0.1, 0.15) is 58.1 Å². The summed E-state index contributed by atoms with van der Waals surface area (Å²) in [6.45, 7) is 10.3. The zero-order chi connectivity index (χ0) is 14.8. The quantitative estimate of drug-likeness (QED) is 0.693. The summed E-state index contributed by atoms with van der Waals surface area (Å²) in [5, 5.41) is 0. The predicted octanol–water partition coefficient (Wildman–Crippen LogP) is 4.22. The maximum absolute atomic E-state index is 6.42. The molecule has 1 rings (SSSR count). The molecule has 0 aliphatic rings. The summed E-state index contributed by atoms with van der Waals surface area (Å²) in [4.78, 5) is 2.60. The summed E-state index contributed by atoms with van der Waals surface area (Å²) < 4.78 is 0. The van der Waals surface area contributed by atoms with Gasteiger partial charge in [-0.15, -0.1) is 0 Å². The zero-order valence-corrected chi connectivity index (χ0v) is 13.5. The van der Waals surface area contributed by atoms with Crippen LogP contribution in [-0.2, 0) is 0 Å². The first-order valence-electron chi connectivity index (χ1n) is 8.21. The van der Waals surface area contributed by atoms with Gasteiger partial charge in [-0.25, -0.2) is 0 Å². The summed E-state index contributed by atoms with van der Waals surface area (Å²) in [6.07, 6.45) is 5.11. The summed E-state index contributed by atoms with van der Waals surface area (Å²) >= 11 is 0. The lowest BCUT2D eigenvalue weighted by molar-refractivity contribution is 0.216. The highest BCUT2D eigenvalue weighted by atomic mass is 15.1. The van der Waals surface area contributed by atoms with Gasteiger partial charge in [-0.1, -0.05) is 63.9 Å². The van der Waals surface area contributed by atoms with Crippen LogP contribution < -0.4 is 5.73 Å². The molecule has 0 saturated carbocycles. The second-order valence-corrected chi connectivity index (χ2v) is 5.92. The molecule has 20 heavy (non-hydrogen) atoms. The molecule has 0 radical (unpaired) electrons. The van der Waals surface area contributed by atoms with Gasteiger partial charge in [-0.3, -0.25) is 0 Å². The number of nitrogens with zero attached hydrogens (tertiary/aromatic N) is 1. The maximum atomic E-state index is 6.42. The minimum atomic E-state index is 0.141. The Labute approximate surface area is 125 Å². The first kappa shape index (κ1) is 17.2. The molecule has 0 aromatic heterocycles. The number of hydrogen-bond donors (Lipinski definition) is 1. The standard InChI is InChI=1S/C18H32N2/c1-4-6-13-20(14-7-5-2)15-16(3)18(19)17-11-9-8-10-12-17/h8-12,16,18H,4-7,13-15,19H2,1-3H3. The van der Waals surface area contributed by atoms with Crippen molar-refractivity contribution >= 4 is 0 Å². The van der Waals surface area contributed by atoms with Gasteiger partial charge >= 0.3 is 0 Å². The fourth-order valence-electron chi connectivity index (χ4n) is 2.58. The number of rotatable bonds is 10. The van der Waals surface area contributed by atoms with Crippen molar-refractivity contribution < 1.29 is 0 Å². The van der Waals surface area contributed by atoms with Crippen molar-refractivity contribution in [1.82, 2.24) is 4.90 Å². The summed E-state index contributed by atoms with van der Waals surface area (Å²) in [5.41, 5.74) is 7.67. The van der Waals surface area contributed by atoms with Gasteiger partial charge in [0.05, 0.1) is 0 Å². The first-order chi connectivity index (χ1) is 9.69. The van der Waals surface area contributed by atoms with Crippen molar-refractivity contribution in [3.8, 4) is 0 Å². The van der Waals surface area contributed by atoms with Crippen LogP contribution in [0.3, 0.4) is 0 Å². The Bertz CT molecular complexity index is 329. The lowest BCUT2D eigenvalue weighted by Crippen LogP contribution is -2.35. The van der Waals surface area contributed by atoms with Crippen LogP contribution in [0.2, 0.25) is 0 Å². The van der Waals surface area contributed by atoms with Gasteiger partial charge in [0.25, 0.3) is 0 Å². The molecule has 2 unspecified atom stereocenters. The third-order valence-corrected chi connectivity index (χ3v) is 4.00. The zero-order valence-electron chi connectivity index (χ0n) is 13.5. The van der Waals surface area contributed by atoms with Gasteiger partial charge in [0.15, 0.2) is 0 Å². The van der Waals surface area contributed by atoms with Crippen LogP contribution in [0.15, 0.2) is 30.3 Å². The van der Waals surface area contributed by atoms with E-state index < -0.39 is 0 Å². The van der Waals surface area contributed by atoms with E-state index in [-0.39, 0.29) is 6.04 Å². The third kappa shape index (κ3) is 6.06. The lowest BCUT2D eigenvalue weighted by Gasteiger charge is -2.29. The molecule has 114 valence electrons. The summed E-state index contributed by atoms with van der Waals surface area (Å²) in [5.74, 6) is 0.492. The van der Waals surface area contributed by atoms with Crippen LogP contribution in [0.4, 0.5) is 0 Å². The monoisotopic (exact) mass is 276 g/mol. The maximum Gasteiger partial charge on any atom is 0.0333 e. The highest BCUT2D eigenvalue weighted by Crippen LogP contribution is 2.20. The smallest absolute Gasteiger partial charge is 0.0333 e. The van der Waals surface area contributed by atoms with Gasteiger partial charge in [0.2, 0.25) is 0 Å². The molecule has 2 heteroatoms. The van der Waals surface area contributed by atoms with Gasteiger partial charge in [-0.05, 0) is 37.4 Å². The second-order valence-electron chi connectivity index (χ2n) is 5.92. The van der Waals surface area contributed by atoms with E-state index in [4.69, 9.17) is 5.73 Å².